The van der Waals surface area contributed by atoms with Crippen LogP contribution in [0.25, 0.3) is 11.4 Å². The van der Waals surface area contributed by atoms with Crippen LogP contribution in [0.1, 0.15) is 24.7 Å². The fourth-order valence-electron chi connectivity index (χ4n) is 2.85. The molecule has 4 rings (SSSR count). The molecule has 0 saturated carbocycles. The molecule has 3 heterocycles. The molecule has 0 unspecified atom stereocenters. The molecule has 28 heavy (non-hydrogen) atoms. The molecule has 3 aromatic heterocycles. The minimum Gasteiger partial charge on any atom is -0.297 e. The lowest BCUT2D eigenvalue weighted by molar-refractivity contribution is 0.564. The smallest absolute Gasteiger partial charge is 0.192 e. The summed E-state index contributed by atoms with van der Waals surface area (Å²) in [7, 11) is 0. The summed E-state index contributed by atoms with van der Waals surface area (Å²) in [5.41, 5.74) is 2.12. The molecule has 0 saturated heterocycles. The predicted molar refractivity (Wildman–Crippen MR) is 106 cm³/mol. The van der Waals surface area contributed by atoms with Crippen molar-refractivity contribution in [2.24, 2.45) is 0 Å². The molecule has 4 aromatic rings. The summed E-state index contributed by atoms with van der Waals surface area (Å²) in [6, 6.07) is 14.2. The number of aryl methyl sites for hydroxylation is 1. The fourth-order valence-corrected chi connectivity index (χ4v) is 3.72. The van der Waals surface area contributed by atoms with Crippen molar-refractivity contribution in [1.29, 1.82) is 0 Å². The van der Waals surface area contributed by atoms with Gasteiger partial charge < -0.3 is 0 Å². The van der Waals surface area contributed by atoms with Crippen LogP contribution in [0.2, 0.25) is 0 Å². The summed E-state index contributed by atoms with van der Waals surface area (Å²) in [4.78, 5) is 4.22. The van der Waals surface area contributed by atoms with Crippen molar-refractivity contribution >= 4 is 11.8 Å². The molecular weight excluding hydrogens is 372 g/mol. The Balaban J connectivity index is 1.63. The van der Waals surface area contributed by atoms with Gasteiger partial charge in [0.25, 0.3) is 0 Å². The van der Waals surface area contributed by atoms with Gasteiger partial charge in [0.05, 0.1) is 12.3 Å². The van der Waals surface area contributed by atoms with Crippen molar-refractivity contribution in [2.75, 3.05) is 0 Å². The van der Waals surface area contributed by atoms with E-state index in [9.17, 15) is 0 Å². The number of hydrogen-bond donors (Lipinski definition) is 0. The maximum absolute atomic E-state index is 4.43. The third-order valence-corrected chi connectivity index (χ3v) is 5.15. The van der Waals surface area contributed by atoms with Crippen LogP contribution in [0.4, 0.5) is 0 Å². The molecular formula is C19H20N8S. The van der Waals surface area contributed by atoms with Gasteiger partial charge in [0.15, 0.2) is 16.8 Å². The van der Waals surface area contributed by atoms with Crippen LogP contribution < -0.4 is 0 Å². The zero-order valence-electron chi connectivity index (χ0n) is 15.5. The maximum atomic E-state index is 4.43. The van der Waals surface area contributed by atoms with E-state index >= 15 is 0 Å². The van der Waals surface area contributed by atoms with Crippen molar-refractivity contribution in [3.05, 3.63) is 66.2 Å². The number of rotatable bonds is 8. The van der Waals surface area contributed by atoms with Crippen LogP contribution in [0, 0.1) is 0 Å². The predicted octanol–water partition coefficient (Wildman–Crippen LogP) is 3.08. The molecule has 0 fully saturated rings. The minimum atomic E-state index is 0.632. The first-order valence-corrected chi connectivity index (χ1v) is 10.1. The van der Waals surface area contributed by atoms with E-state index < -0.39 is 0 Å². The van der Waals surface area contributed by atoms with E-state index in [1.165, 1.54) is 5.56 Å². The minimum absolute atomic E-state index is 0.632. The van der Waals surface area contributed by atoms with Gasteiger partial charge in [-0.15, -0.1) is 15.3 Å². The topological polar surface area (TPSA) is 87.2 Å². The number of tetrazole rings is 1. The van der Waals surface area contributed by atoms with Crippen LogP contribution in [-0.2, 0) is 18.8 Å². The van der Waals surface area contributed by atoms with Gasteiger partial charge in [0.1, 0.15) is 0 Å². The third kappa shape index (κ3) is 4.09. The molecule has 0 radical (unpaired) electrons. The summed E-state index contributed by atoms with van der Waals surface area (Å²) >= 11 is 1.59. The standard InChI is InChI=1S/C19H20N8S/c1-2-11-27-17(21-24-25-27)14-28-19-23-22-18(16-9-6-10-20-12-16)26(19)13-15-7-4-3-5-8-15/h3-10,12H,2,11,13-14H2,1H3. The largest absolute Gasteiger partial charge is 0.297 e. The number of thioether (sulfide) groups is 1. The number of aromatic nitrogens is 8. The van der Waals surface area contributed by atoms with Crippen molar-refractivity contribution < 1.29 is 0 Å². The average molecular weight is 392 g/mol. The molecule has 0 N–H and O–H groups in total. The first-order valence-electron chi connectivity index (χ1n) is 9.10. The molecule has 0 spiro atoms. The first kappa shape index (κ1) is 18.3. The second-order valence-corrected chi connectivity index (χ2v) is 7.17. The lowest BCUT2D eigenvalue weighted by atomic mass is 10.2. The Morgan fingerprint density at radius 3 is 2.68 bits per heavy atom. The van der Waals surface area contributed by atoms with Crippen molar-refractivity contribution in [2.45, 2.75) is 37.3 Å². The van der Waals surface area contributed by atoms with E-state index in [1.54, 1.807) is 18.0 Å². The quantitative estimate of drug-likeness (QED) is 0.426. The highest BCUT2D eigenvalue weighted by molar-refractivity contribution is 7.98. The Hall–Kier alpha value is -3.07. The van der Waals surface area contributed by atoms with Gasteiger partial charge in [-0.25, -0.2) is 4.68 Å². The molecule has 1 aromatic carbocycles. The molecule has 9 heteroatoms. The summed E-state index contributed by atoms with van der Waals surface area (Å²) in [6.45, 7) is 3.59. The lowest BCUT2D eigenvalue weighted by Crippen LogP contribution is -2.06. The van der Waals surface area contributed by atoms with Crippen LogP contribution in [0.5, 0.6) is 0 Å². The van der Waals surface area contributed by atoms with Gasteiger partial charge in [-0.2, -0.15) is 0 Å². The van der Waals surface area contributed by atoms with Crippen LogP contribution >= 0.6 is 11.8 Å². The van der Waals surface area contributed by atoms with E-state index in [2.05, 4.69) is 54.3 Å². The van der Waals surface area contributed by atoms with E-state index in [-0.39, 0.29) is 0 Å². The Morgan fingerprint density at radius 1 is 1.00 bits per heavy atom. The van der Waals surface area contributed by atoms with Crippen molar-refractivity contribution in [3.8, 4) is 11.4 Å². The highest BCUT2D eigenvalue weighted by Crippen LogP contribution is 2.26. The third-order valence-electron chi connectivity index (χ3n) is 4.19. The second-order valence-electron chi connectivity index (χ2n) is 6.23. The van der Waals surface area contributed by atoms with Gasteiger partial charge >= 0.3 is 0 Å². The zero-order chi connectivity index (χ0) is 19.2. The second kappa shape index (κ2) is 8.75. The Morgan fingerprint density at radius 2 is 1.89 bits per heavy atom. The van der Waals surface area contributed by atoms with E-state index in [0.29, 0.717) is 12.3 Å². The molecule has 0 aliphatic heterocycles. The molecule has 0 amide bonds. The first-order chi connectivity index (χ1) is 13.8. The number of pyridine rings is 1. The molecule has 8 nitrogen and oxygen atoms in total. The summed E-state index contributed by atoms with van der Waals surface area (Å²) < 4.78 is 3.96. The van der Waals surface area contributed by atoms with E-state index in [0.717, 1.165) is 35.3 Å². The summed E-state index contributed by atoms with van der Waals surface area (Å²) in [5, 5.41) is 21.7. The lowest BCUT2D eigenvalue weighted by Gasteiger charge is -2.10. The molecule has 0 aliphatic rings. The highest BCUT2D eigenvalue weighted by atomic mass is 32.2. The molecule has 0 atom stereocenters. The van der Waals surface area contributed by atoms with E-state index in [1.807, 2.05) is 41.2 Å². The highest BCUT2D eigenvalue weighted by Gasteiger charge is 2.16. The summed E-state index contributed by atoms with van der Waals surface area (Å²) in [5.74, 6) is 2.27. The van der Waals surface area contributed by atoms with Crippen LogP contribution in [-0.4, -0.2) is 40.0 Å². The normalized spacial score (nSPS) is 11.0. The van der Waals surface area contributed by atoms with Gasteiger partial charge in [0.2, 0.25) is 0 Å². The van der Waals surface area contributed by atoms with Crippen molar-refractivity contribution in [3.63, 3.8) is 0 Å². The number of benzene rings is 1. The van der Waals surface area contributed by atoms with Gasteiger partial charge in [-0.3, -0.25) is 9.55 Å². The van der Waals surface area contributed by atoms with E-state index in [4.69, 9.17) is 0 Å². The van der Waals surface area contributed by atoms with Crippen LogP contribution in [0.3, 0.4) is 0 Å². The summed E-state index contributed by atoms with van der Waals surface area (Å²) in [6.07, 6.45) is 4.55. The number of hydrogen-bond acceptors (Lipinski definition) is 7. The average Bonchev–Trinajstić information content (AvgIpc) is 3.35. The fraction of sp³-hybridized carbons (Fsp3) is 0.263. The van der Waals surface area contributed by atoms with Crippen molar-refractivity contribution in [1.82, 2.24) is 40.0 Å². The monoisotopic (exact) mass is 392 g/mol. The number of nitrogens with zero attached hydrogens (tertiary/aromatic N) is 8. The Kier molecular flexibility index (Phi) is 5.72. The van der Waals surface area contributed by atoms with Crippen LogP contribution in [0.15, 0.2) is 60.0 Å². The Labute approximate surface area is 167 Å². The maximum Gasteiger partial charge on any atom is 0.192 e. The Bertz CT molecular complexity index is 1010. The van der Waals surface area contributed by atoms with Gasteiger partial charge in [-0.05, 0) is 34.5 Å². The SMILES string of the molecule is CCCn1nnnc1CSc1nnc(-c2cccnc2)n1Cc1ccccc1. The molecule has 0 bridgehead atoms. The molecule has 142 valence electrons. The van der Waals surface area contributed by atoms with Gasteiger partial charge in [-0.1, -0.05) is 49.0 Å². The molecule has 0 aliphatic carbocycles. The zero-order valence-corrected chi connectivity index (χ0v) is 16.3. The van der Waals surface area contributed by atoms with Gasteiger partial charge in [0, 0.05) is 24.5 Å².